The van der Waals surface area contributed by atoms with Crippen LogP contribution < -0.4 is 5.73 Å². The molecule has 0 aromatic heterocycles. The van der Waals surface area contributed by atoms with Crippen molar-refractivity contribution in [2.45, 2.75) is 19.4 Å². The third-order valence-electron chi connectivity index (χ3n) is 3.46. The zero-order valence-electron chi connectivity index (χ0n) is 11.1. The van der Waals surface area contributed by atoms with Crippen LogP contribution in [0, 0.1) is 0 Å². The van der Waals surface area contributed by atoms with E-state index in [1.807, 2.05) is 6.07 Å². The third kappa shape index (κ3) is 3.01. The molecule has 0 unspecified atom stereocenters. The molecular weight excluding hydrogens is 226 g/mol. The van der Waals surface area contributed by atoms with Gasteiger partial charge in [-0.1, -0.05) is 6.07 Å². The highest BCUT2D eigenvalue weighted by atomic mass is 16.2. The minimum Gasteiger partial charge on any atom is -0.399 e. The smallest absolute Gasteiger partial charge is 0.223 e. The van der Waals surface area contributed by atoms with E-state index >= 15 is 0 Å². The summed E-state index contributed by atoms with van der Waals surface area (Å²) in [5.74, 6) is 0.193. The van der Waals surface area contributed by atoms with Crippen molar-refractivity contribution in [3.8, 4) is 0 Å². The van der Waals surface area contributed by atoms with Crippen molar-refractivity contribution in [1.82, 2.24) is 9.80 Å². The molecule has 1 aromatic carbocycles. The molecule has 0 saturated carbocycles. The van der Waals surface area contributed by atoms with E-state index in [1.54, 1.807) is 19.0 Å². The summed E-state index contributed by atoms with van der Waals surface area (Å²) < 4.78 is 0. The molecule has 4 nitrogen and oxygen atoms in total. The number of nitrogen functional groups attached to an aromatic ring is 1. The highest BCUT2D eigenvalue weighted by molar-refractivity contribution is 5.75. The van der Waals surface area contributed by atoms with Crippen LogP contribution >= 0.6 is 0 Å². The van der Waals surface area contributed by atoms with Crippen LogP contribution in [0.25, 0.3) is 0 Å². The molecule has 2 rings (SSSR count). The maximum absolute atomic E-state index is 11.6. The van der Waals surface area contributed by atoms with E-state index in [1.165, 1.54) is 11.1 Å². The zero-order valence-corrected chi connectivity index (χ0v) is 11.1. The molecule has 0 aliphatic carbocycles. The first-order valence-corrected chi connectivity index (χ1v) is 6.36. The summed E-state index contributed by atoms with van der Waals surface area (Å²) in [5, 5.41) is 0. The minimum atomic E-state index is 0.193. The number of hydrogen-bond acceptors (Lipinski definition) is 3. The summed E-state index contributed by atoms with van der Waals surface area (Å²) in [6.45, 7) is 2.77. The van der Waals surface area contributed by atoms with Gasteiger partial charge in [-0.2, -0.15) is 0 Å². The van der Waals surface area contributed by atoms with Crippen LogP contribution in [0.15, 0.2) is 18.2 Å². The summed E-state index contributed by atoms with van der Waals surface area (Å²) in [4.78, 5) is 15.5. The number of anilines is 1. The van der Waals surface area contributed by atoms with Gasteiger partial charge in [0.1, 0.15) is 0 Å². The van der Waals surface area contributed by atoms with Crippen molar-refractivity contribution in [3.63, 3.8) is 0 Å². The van der Waals surface area contributed by atoms with Gasteiger partial charge in [0.25, 0.3) is 0 Å². The average Bonchev–Trinajstić information content (AvgIpc) is 2.35. The van der Waals surface area contributed by atoms with Crippen molar-refractivity contribution in [1.29, 1.82) is 0 Å². The third-order valence-corrected chi connectivity index (χ3v) is 3.46. The van der Waals surface area contributed by atoms with Crippen molar-refractivity contribution in [3.05, 3.63) is 29.3 Å². The second kappa shape index (κ2) is 5.40. The minimum absolute atomic E-state index is 0.193. The van der Waals surface area contributed by atoms with Gasteiger partial charge < -0.3 is 10.6 Å². The average molecular weight is 247 g/mol. The number of amides is 1. The van der Waals surface area contributed by atoms with Gasteiger partial charge in [-0.05, 0) is 29.7 Å². The van der Waals surface area contributed by atoms with E-state index in [-0.39, 0.29) is 5.91 Å². The molecule has 0 spiro atoms. The number of hydrogen-bond donors (Lipinski definition) is 1. The quantitative estimate of drug-likeness (QED) is 0.814. The molecule has 1 aliphatic rings. The molecule has 1 aromatic rings. The fraction of sp³-hybridized carbons (Fsp3) is 0.500. The van der Waals surface area contributed by atoms with Crippen LogP contribution in [0.1, 0.15) is 17.5 Å². The van der Waals surface area contributed by atoms with Gasteiger partial charge in [-0.15, -0.1) is 0 Å². The molecule has 0 radical (unpaired) electrons. The van der Waals surface area contributed by atoms with E-state index < -0.39 is 0 Å². The number of rotatable bonds is 3. The number of nitrogens with zero attached hydrogens (tertiary/aromatic N) is 2. The Kier molecular flexibility index (Phi) is 3.87. The van der Waals surface area contributed by atoms with E-state index in [0.717, 1.165) is 31.7 Å². The maximum atomic E-state index is 11.6. The lowest BCUT2D eigenvalue weighted by Crippen LogP contribution is -2.34. The Labute approximate surface area is 108 Å². The fourth-order valence-corrected chi connectivity index (χ4v) is 2.30. The Bertz CT molecular complexity index is 443. The van der Waals surface area contributed by atoms with E-state index in [2.05, 4.69) is 17.0 Å². The summed E-state index contributed by atoms with van der Waals surface area (Å²) in [7, 11) is 3.60. The molecule has 0 fully saturated rings. The number of carbonyl (C=O) groups is 1. The van der Waals surface area contributed by atoms with Gasteiger partial charge in [0, 0.05) is 45.8 Å². The Morgan fingerprint density at radius 1 is 1.39 bits per heavy atom. The van der Waals surface area contributed by atoms with Crippen LogP contribution in [-0.2, 0) is 17.8 Å². The Hall–Kier alpha value is -1.55. The lowest BCUT2D eigenvalue weighted by atomic mass is 9.99. The van der Waals surface area contributed by atoms with Gasteiger partial charge >= 0.3 is 0 Å². The first-order valence-electron chi connectivity index (χ1n) is 6.36. The molecule has 1 heterocycles. The predicted octanol–water partition coefficient (Wildman–Crippen LogP) is 1.11. The van der Waals surface area contributed by atoms with E-state index in [9.17, 15) is 4.79 Å². The van der Waals surface area contributed by atoms with Crippen LogP contribution in [-0.4, -0.2) is 42.9 Å². The largest absolute Gasteiger partial charge is 0.399 e. The van der Waals surface area contributed by atoms with Gasteiger partial charge in [-0.3, -0.25) is 9.69 Å². The Morgan fingerprint density at radius 2 is 2.17 bits per heavy atom. The zero-order chi connectivity index (χ0) is 13.1. The summed E-state index contributed by atoms with van der Waals surface area (Å²) in [6.07, 6.45) is 1.62. The normalized spacial score (nSPS) is 15.2. The second-order valence-corrected chi connectivity index (χ2v) is 5.09. The van der Waals surface area contributed by atoms with Crippen LogP contribution in [0.4, 0.5) is 5.69 Å². The number of fused-ring (bicyclic) bond motifs is 1. The molecule has 0 bridgehead atoms. The maximum Gasteiger partial charge on any atom is 0.223 e. The first-order chi connectivity index (χ1) is 8.56. The second-order valence-electron chi connectivity index (χ2n) is 5.09. The van der Waals surface area contributed by atoms with E-state index in [4.69, 9.17) is 5.73 Å². The van der Waals surface area contributed by atoms with Crippen molar-refractivity contribution in [2.24, 2.45) is 0 Å². The molecule has 0 saturated heterocycles. The van der Waals surface area contributed by atoms with Crippen molar-refractivity contribution >= 4 is 11.6 Å². The van der Waals surface area contributed by atoms with E-state index in [0.29, 0.717) is 6.42 Å². The number of nitrogens with two attached hydrogens (primary N) is 1. The Balaban J connectivity index is 1.92. The van der Waals surface area contributed by atoms with Crippen molar-refractivity contribution < 1.29 is 4.79 Å². The molecule has 1 amide bonds. The summed E-state index contributed by atoms with van der Waals surface area (Å²) in [6, 6.07) is 6.12. The van der Waals surface area contributed by atoms with Gasteiger partial charge in [0.2, 0.25) is 5.91 Å². The van der Waals surface area contributed by atoms with Crippen molar-refractivity contribution in [2.75, 3.05) is 32.9 Å². The lowest BCUT2D eigenvalue weighted by molar-refractivity contribution is -0.129. The number of benzene rings is 1. The molecule has 1 aliphatic heterocycles. The molecule has 2 N–H and O–H groups in total. The highest BCUT2D eigenvalue weighted by Crippen LogP contribution is 2.21. The topological polar surface area (TPSA) is 49.6 Å². The van der Waals surface area contributed by atoms with Gasteiger partial charge in [-0.25, -0.2) is 0 Å². The predicted molar refractivity (Wildman–Crippen MR) is 73.1 cm³/mol. The summed E-state index contributed by atoms with van der Waals surface area (Å²) >= 11 is 0. The molecule has 4 heteroatoms. The molecule has 0 atom stereocenters. The van der Waals surface area contributed by atoms with Gasteiger partial charge in [0.05, 0.1) is 0 Å². The molecular formula is C14H21N3O. The molecule has 98 valence electrons. The number of carbonyl (C=O) groups excluding carboxylic acids is 1. The monoisotopic (exact) mass is 247 g/mol. The lowest BCUT2D eigenvalue weighted by Gasteiger charge is -2.29. The van der Waals surface area contributed by atoms with Crippen LogP contribution in [0.3, 0.4) is 0 Å². The van der Waals surface area contributed by atoms with Crippen LogP contribution in [0.2, 0.25) is 0 Å². The van der Waals surface area contributed by atoms with Gasteiger partial charge in [0.15, 0.2) is 0 Å². The first kappa shape index (κ1) is 12.9. The SMILES string of the molecule is CN(C)C(=O)CCN1CCc2cc(N)ccc2C1. The highest BCUT2D eigenvalue weighted by Gasteiger charge is 2.17. The standard InChI is InChI=1S/C14H21N3O/c1-16(2)14(18)6-8-17-7-5-11-9-13(15)4-3-12(11)10-17/h3-4,9H,5-8,10,15H2,1-2H3. The Morgan fingerprint density at radius 3 is 2.89 bits per heavy atom. The van der Waals surface area contributed by atoms with Crippen LogP contribution in [0.5, 0.6) is 0 Å². The fourth-order valence-electron chi connectivity index (χ4n) is 2.30. The summed E-state index contributed by atoms with van der Waals surface area (Å²) in [5.41, 5.74) is 9.31. The molecule has 18 heavy (non-hydrogen) atoms.